The van der Waals surface area contributed by atoms with Crippen LogP contribution in [-0.4, -0.2) is 99.4 Å². The van der Waals surface area contributed by atoms with Gasteiger partial charge in [-0.3, -0.25) is 14.5 Å². The highest BCUT2D eigenvalue weighted by Crippen LogP contribution is 2.41. The summed E-state index contributed by atoms with van der Waals surface area (Å²) in [5, 5.41) is 30.0. The number of nitrogens with zero attached hydrogens (tertiary/aromatic N) is 7. The number of thiazole rings is 1. The molecule has 5 heterocycles. The van der Waals surface area contributed by atoms with Gasteiger partial charge in [0.15, 0.2) is 11.4 Å². The fourth-order valence-corrected chi connectivity index (χ4v) is 6.89. The minimum absolute atomic E-state index is 0.110. The van der Waals surface area contributed by atoms with E-state index in [0.717, 1.165) is 0 Å². The van der Waals surface area contributed by atoms with E-state index in [0.29, 0.717) is 27.8 Å². The third-order valence-electron chi connectivity index (χ3n) is 5.72. The van der Waals surface area contributed by atoms with Gasteiger partial charge >= 0.3 is 11.9 Å². The molecule has 18 heteroatoms. The van der Waals surface area contributed by atoms with E-state index in [2.05, 4.69) is 30.8 Å². The molecule has 2 aliphatic rings. The summed E-state index contributed by atoms with van der Waals surface area (Å²) in [6.07, 6.45) is 1.47. The average molecular weight is 633 g/mol. The molecule has 0 aliphatic carbocycles. The Morgan fingerprint density at radius 3 is 2.81 bits per heavy atom. The first-order valence-electron chi connectivity index (χ1n) is 12.3. The van der Waals surface area contributed by atoms with Crippen molar-refractivity contribution >= 4 is 70.0 Å². The molecule has 2 aliphatic heterocycles. The number of carboxylic acid groups (broad SMARTS) is 1. The lowest BCUT2D eigenvalue weighted by Crippen LogP contribution is -2.71. The highest BCUT2D eigenvalue weighted by atomic mass is 32.2. The van der Waals surface area contributed by atoms with Crippen LogP contribution in [0.2, 0.25) is 0 Å². The van der Waals surface area contributed by atoms with E-state index in [1.54, 1.807) is 38.3 Å². The number of nitrogens with one attached hydrogen (secondary N) is 1. The predicted octanol–water partition coefficient (Wildman–Crippen LogP) is 1.17. The van der Waals surface area contributed by atoms with Gasteiger partial charge in [-0.2, -0.15) is 9.61 Å². The van der Waals surface area contributed by atoms with Gasteiger partial charge in [0.2, 0.25) is 6.61 Å². The largest absolute Gasteiger partial charge is 0.477 e. The number of aromatic nitrogens is 5. The van der Waals surface area contributed by atoms with Crippen LogP contribution in [0, 0.1) is 0 Å². The minimum atomic E-state index is -1.24. The van der Waals surface area contributed by atoms with Crippen LogP contribution in [0.25, 0.3) is 5.65 Å². The van der Waals surface area contributed by atoms with E-state index in [-0.39, 0.29) is 17.1 Å². The number of ether oxygens (including phenoxy) is 1. The molecule has 5 rings (SSSR count). The first-order chi connectivity index (χ1) is 20.0. The van der Waals surface area contributed by atoms with Crippen LogP contribution in [0.3, 0.4) is 0 Å². The van der Waals surface area contributed by atoms with Crippen molar-refractivity contribution in [3.63, 3.8) is 0 Å². The van der Waals surface area contributed by atoms with Crippen molar-refractivity contribution in [2.75, 3.05) is 18.1 Å². The maximum atomic E-state index is 13.2. The number of aliphatic carboxylic acids is 1. The smallest absolute Gasteiger partial charge is 0.352 e. The van der Waals surface area contributed by atoms with Crippen molar-refractivity contribution in [1.29, 1.82) is 0 Å². The van der Waals surface area contributed by atoms with Gasteiger partial charge in [0.1, 0.15) is 39.8 Å². The highest BCUT2D eigenvalue weighted by molar-refractivity contribution is 8.01. The first kappa shape index (κ1) is 29.5. The van der Waals surface area contributed by atoms with Gasteiger partial charge in [0, 0.05) is 16.9 Å². The van der Waals surface area contributed by atoms with Crippen LogP contribution < -0.4 is 5.32 Å². The Hall–Kier alpha value is -4.03. The van der Waals surface area contributed by atoms with Gasteiger partial charge in [-0.15, -0.1) is 45.1 Å². The molecule has 3 aromatic rings. The third kappa shape index (κ3) is 6.39. The summed E-state index contributed by atoms with van der Waals surface area (Å²) in [4.78, 5) is 60.9. The van der Waals surface area contributed by atoms with E-state index in [1.807, 2.05) is 0 Å². The minimum Gasteiger partial charge on any atom is -0.477 e. The van der Waals surface area contributed by atoms with Gasteiger partial charge in [0.25, 0.3) is 11.8 Å². The third-order valence-corrected chi connectivity index (χ3v) is 8.65. The Kier molecular flexibility index (Phi) is 8.46. The monoisotopic (exact) mass is 632 g/mol. The van der Waals surface area contributed by atoms with E-state index < -0.39 is 47.4 Å². The van der Waals surface area contributed by atoms with Gasteiger partial charge < -0.3 is 20.0 Å². The zero-order chi connectivity index (χ0) is 30.0. The molecule has 0 aromatic carbocycles. The average Bonchev–Trinajstić information content (AvgIpc) is 3.63. The Balaban J connectivity index is 1.26. The number of carbonyl (C=O) groups is 4. The first-order valence-corrected chi connectivity index (χ1v) is 15.3. The summed E-state index contributed by atoms with van der Waals surface area (Å²) in [7, 11) is 0. The number of carbonyl (C=O) groups excluding carboxylic acids is 3. The molecule has 15 nitrogen and oxygen atoms in total. The van der Waals surface area contributed by atoms with Crippen molar-refractivity contribution in [1.82, 2.24) is 35.0 Å². The Morgan fingerprint density at radius 1 is 1.29 bits per heavy atom. The molecule has 2 N–H and O–H groups in total. The van der Waals surface area contributed by atoms with Gasteiger partial charge in [-0.05, 0) is 38.5 Å². The molecule has 0 saturated carbocycles. The van der Waals surface area contributed by atoms with E-state index in [9.17, 15) is 24.3 Å². The Bertz CT molecular complexity index is 1600. The topological polar surface area (TPSA) is 191 Å². The number of oxime groups is 1. The van der Waals surface area contributed by atoms with Crippen LogP contribution in [-0.2, 0) is 28.8 Å². The molecule has 2 atom stereocenters. The molecule has 1 saturated heterocycles. The van der Waals surface area contributed by atoms with Gasteiger partial charge in [-0.25, -0.2) is 14.6 Å². The van der Waals surface area contributed by atoms with E-state index >= 15 is 0 Å². The molecule has 0 bridgehead atoms. The molecule has 42 heavy (non-hydrogen) atoms. The van der Waals surface area contributed by atoms with Gasteiger partial charge in [0.05, 0.1) is 5.51 Å². The quantitative estimate of drug-likeness (QED) is 0.107. The standard InChI is InChI=1S/C24H24N8O7S3/c1-24(2,3)39-16(33)6-38-30-17(13-9-40-11-25-13)20(34)27-18-21(35)32-19(23(36)37)12(8-42-22(18)32)7-41-15-5-4-14-28-26-10-31(14)29-15/h4-5,9-11,18,22H,6-8H2,1-3H3,(H,27,34)(H,36,37)/b30-17-/t18?,22-/m1/s1. The number of amides is 2. The fraction of sp³-hybridized carbons (Fsp3) is 0.375. The zero-order valence-electron chi connectivity index (χ0n) is 22.4. The Labute approximate surface area is 250 Å². The van der Waals surface area contributed by atoms with Crippen LogP contribution >= 0.6 is 34.9 Å². The summed E-state index contributed by atoms with van der Waals surface area (Å²) in [5.74, 6) is -2.63. The van der Waals surface area contributed by atoms with Crippen LogP contribution in [0.15, 0.2) is 50.8 Å². The number of carboxylic acids is 1. The molecular weight excluding hydrogens is 609 g/mol. The predicted molar refractivity (Wildman–Crippen MR) is 152 cm³/mol. The zero-order valence-corrected chi connectivity index (χ0v) is 24.9. The second-order valence-corrected chi connectivity index (χ2v) is 12.7. The second-order valence-electron chi connectivity index (χ2n) is 9.89. The molecule has 0 spiro atoms. The second kappa shape index (κ2) is 12.1. The fourth-order valence-electron chi connectivity index (χ4n) is 4.01. The van der Waals surface area contributed by atoms with Crippen LogP contribution in [0.1, 0.15) is 26.5 Å². The molecule has 1 fully saturated rings. The summed E-state index contributed by atoms with van der Waals surface area (Å²) in [6.45, 7) is 4.57. The van der Waals surface area contributed by atoms with E-state index in [1.165, 1.54) is 56.1 Å². The summed E-state index contributed by atoms with van der Waals surface area (Å²) < 4.78 is 6.68. The van der Waals surface area contributed by atoms with Crippen molar-refractivity contribution in [3.05, 3.63) is 46.3 Å². The van der Waals surface area contributed by atoms with Crippen LogP contribution in [0.5, 0.6) is 0 Å². The lowest BCUT2D eigenvalue weighted by atomic mass is 10.0. The maximum absolute atomic E-state index is 13.2. The number of thioether (sulfide) groups is 2. The summed E-state index contributed by atoms with van der Waals surface area (Å²) in [5.41, 5.74) is 1.74. The SMILES string of the molecule is CC(C)(C)OC(=O)CO/N=C(\C(=O)NC1C(=O)N2C(C(=O)O)=C(CSc3ccc4nncn4n3)CS[C@H]12)c1cscn1. The van der Waals surface area contributed by atoms with Crippen LogP contribution in [0.4, 0.5) is 0 Å². The van der Waals surface area contributed by atoms with Crippen molar-refractivity contribution in [2.45, 2.75) is 42.8 Å². The normalized spacial score (nSPS) is 18.9. The van der Waals surface area contributed by atoms with Gasteiger partial charge in [-0.1, -0.05) is 5.16 Å². The number of hydrogen-bond acceptors (Lipinski definition) is 14. The van der Waals surface area contributed by atoms with Crippen molar-refractivity contribution in [3.8, 4) is 0 Å². The summed E-state index contributed by atoms with van der Waals surface area (Å²) >= 11 is 3.87. The van der Waals surface area contributed by atoms with Crippen molar-refractivity contribution in [2.24, 2.45) is 5.16 Å². The molecule has 2 amide bonds. The lowest BCUT2D eigenvalue weighted by Gasteiger charge is -2.49. The Morgan fingerprint density at radius 2 is 2.10 bits per heavy atom. The summed E-state index contributed by atoms with van der Waals surface area (Å²) in [6, 6.07) is 2.50. The number of β-lactam (4-membered cyclic amide) rings is 1. The van der Waals surface area contributed by atoms with E-state index in [4.69, 9.17) is 9.57 Å². The number of hydrogen-bond donors (Lipinski definition) is 2. The number of fused-ring (bicyclic) bond motifs is 2. The molecule has 0 radical (unpaired) electrons. The number of esters is 1. The molecule has 3 aromatic heterocycles. The lowest BCUT2D eigenvalue weighted by molar-refractivity contribution is -0.160. The highest BCUT2D eigenvalue weighted by Gasteiger charge is 2.54. The molecule has 220 valence electrons. The van der Waals surface area contributed by atoms with Crippen molar-refractivity contribution < 1.29 is 33.9 Å². The molecular formula is C24H24N8O7S3. The molecule has 1 unspecified atom stereocenters. The number of rotatable bonds is 10. The maximum Gasteiger partial charge on any atom is 0.352 e.